The molecule has 1 aliphatic heterocycles. The predicted molar refractivity (Wildman–Crippen MR) is 105 cm³/mol. The first-order valence-corrected chi connectivity index (χ1v) is 9.58. The van der Waals surface area contributed by atoms with Gasteiger partial charge in [-0.05, 0) is 36.1 Å². The third-order valence-corrected chi connectivity index (χ3v) is 5.30. The van der Waals surface area contributed by atoms with Gasteiger partial charge in [-0.15, -0.1) is 0 Å². The maximum absolute atomic E-state index is 9.58. The molecule has 1 aliphatic rings. The van der Waals surface area contributed by atoms with E-state index in [1.807, 2.05) is 12.1 Å². The Morgan fingerprint density at radius 1 is 1.00 bits per heavy atom. The maximum atomic E-state index is 9.58. The number of aryl methyl sites for hydroxylation is 1. The summed E-state index contributed by atoms with van der Waals surface area (Å²) in [4.78, 5) is 6.67. The second kappa shape index (κ2) is 8.03. The summed E-state index contributed by atoms with van der Waals surface area (Å²) < 4.78 is 5.04. The smallest absolute Gasteiger partial charge is 0.223 e. The summed E-state index contributed by atoms with van der Waals surface area (Å²) in [5.74, 6) is 1.19. The zero-order valence-electron chi connectivity index (χ0n) is 15.6. The highest BCUT2D eigenvalue weighted by atomic mass is 16.5. The van der Waals surface area contributed by atoms with Gasteiger partial charge in [0.25, 0.3) is 0 Å². The third-order valence-electron chi connectivity index (χ3n) is 5.30. The van der Waals surface area contributed by atoms with Crippen molar-refractivity contribution in [3.63, 3.8) is 0 Å². The fraction of sp³-hybridized carbons (Fsp3) is 0.364. The Labute approximate surface area is 159 Å². The van der Waals surface area contributed by atoms with Crippen LogP contribution >= 0.6 is 0 Å². The van der Waals surface area contributed by atoms with E-state index in [-0.39, 0.29) is 6.61 Å². The van der Waals surface area contributed by atoms with Gasteiger partial charge in [-0.1, -0.05) is 60.1 Å². The fourth-order valence-electron chi connectivity index (χ4n) is 3.74. The van der Waals surface area contributed by atoms with Gasteiger partial charge in [-0.3, -0.25) is 4.90 Å². The first-order valence-electron chi connectivity index (χ1n) is 9.58. The molecule has 5 nitrogen and oxygen atoms in total. The molecule has 0 amide bonds. The molecule has 4 rings (SSSR count). The normalized spacial score (nSPS) is 17.9. The maximum Gasteiger partial charge on any atom is 0.223 e. The van der Waals surface area contributed by atoms with E-state index in [1.165, 1.54) is 24.0 Å². The number of aliphatic hydroxyl groups excluding tert-OH is 1. The molecule has 2 aromatic carbocycles. The van der Waals surface area contributed by atoms with Gasteiger partial charge in [0.05, 0.1) is 6.61 Å². The van der Waals surface area contributed by atoms with E-state index in [2.05, 4.69) is 51.4 Å². The number of piperidine rings is 1. The second-order valence-corrected chi connectivity index (χ2v) is 7.21. The van der Waals surface area contributed by atoms with Gasteiger partial charge in [0.2, 0.25) is 11.7 Å². The number of nitrogens with zero attached hydrogens (tertiary/aromatic N) is 3. The molecular formula is C22H25N3O2. The Balaban J connectivity index is 1.45. The summed E-state index contributed by atoms with van der Waals surface area (Å²) in [6.07, 6.45) is 3.54. The van der Waals surface area contributed by atoms with E-state index >= 15 is 0 Å². The molecule has 5 heteroatoms. The van der Waals surface area contributed by atoms with Crippen molar-refractivity contribution in [3.8, 4) is 22.5 Å². The number of hydrogen-bond donors (Lipinski definition) is 1. The Morgan fingerprint density at radius 2 is 1.67 bits per heavy atom. The summed E-state index contributed by atoms with van der Waals surface area (Å²) in [7, 11) is 0. The first kappa shape index (κ1) is 17.9. The summed E-state index contributed by atoms with van der Waals surface area (Å²) in [5, 5.41) is 13.5. The highest BCUT2D eigenvalue weighted by molar-refractivity contribution is 5.67. The average Bonchev–Trinajstić information content (AvgIpc) is 3.15. The van der Waals surface area contributed by atoms with Crippen LogP contribution in [-0.2, 0) is 6.54 Å². The van der Waals surface area contributed by atoms with Gasteiger partial charge >= 0.3 is 0 Å². The molecule has 140 valence electrons. The van der Waals surface area contributed by atoms with E-state index in [9.17, 15) is 5.11 Å². The van der Waals surface area contributed by atoms with Crippen LogP contribution in [0.4, 0.5) is 0 Å². The molecule has 0 bridgehead atoms. The molecule has 2 heterocycles. The van der Waals surface area contributed by atoms with Crippen LogP contribution in [0.25, 0.3) is 22.5 Å². The topological polar surface area (TPSA) is 62.4 Å². The van der Waals surface area contributed by atoms with Gasteiger partial charge in [0.1, 0.15) is 0 Å². The number of aromatic nitrogens is 2. The standard InChI is InChI=1S/C22H25N3O2/c1-16-23-22(24-27-16)20-11-9-19(10-12-20)18-7-5-17(6-8-18)14-25-13-3-2-4-21(25)15-26/h5-12,21,26H,2-4,13-15H2,1H3/t21-/m0/s1. The quantitative estimate of drug-likeness (QED) is 0.741. The summed E-state index contributed by atoms with van der Waals surface area (Å²) in [6, 6.07) is 17.2. The zero-order chi connectivity index (χ0) is 18.6. The minimum atomic E-state index is 0.254. The largest absolute Gasteiger partial charge is 0.395 e. The molecule has 0 saturated carbocycles. The van der Waals surface area contributed by atoms with E-state index in [1.54, 1.807) is 6.92 Å². The Morgan fingerprint density at radius 3 is 2.30 bits per heavy atom. The minimum Gasteiger partial charge on any atom is -0.395 e. The molecular weight excluding hydrogens is 338 g/mol. The van der Waals surface area contributed by atoms with Crippen molar-refractivity contribution in [1.29, 1.82) is 0 Å². The molecule has 1 atom stereocenters. The van der Waals surface area contributed by atoms with E-state index in [4.69, 9.17) is 4.52 Å². The molecule has 1 fully saturated rings. The van der Waals surface area contributed by atoms with Crippen molar-refractivity contribution in [2.75, 3.05) is 13.2 Å². The van der Waals surface area contributed by atoms with Gasteiger partial charge < -0.3 is 9.63 Å². The summed E-state index contributed by atoms with van der Waals surface area (Å²) in [6.45, 7) is 4.02. The lowest BCUT2D eigenvalue weighted by atomic mass is 10.00. The molecule has 0 aliphatic carbocycles. The van der Waals surface area contributed by atoms with Crippen molar-refractivity contribution >= 4 is 0 Å². The van der Waals surface area contributed by atoms with E-state index in [0.717, 1.165) is 30.6 Å². The number of hydrogen-bond acceptors (Lipinski definition) is 5. The minimum absolute atomic E-state index is 0.254. The van der Waals surface area contributed by atoms with Crippen LogP contribution in [0.3, 0.4) is 0 Å². The van der Waals surface area contributed by atoms with Crippen LogP contribution in [0.5, 0.6) is 0 Å². The molecule has 1 saturated heterocycles. The van der Waals surface area contributed by atoms with Crippen molar-refractivity contribution in [1.82, 2.24) is 15.0 Å². The van der Waals surface area contributed by atoms with Crippen LogP contribution < -0.4 is 0 Å². The SMILES string of the molecule is Cc1nc(-c2ccc(-c3ccc(CN4CCCC[C@H]4CO)cc3)cc2)no1. The highest BCUT2D eigenvalue weighted by Crippen LogP contribution is 2.25. The van der Waals surface area contributed by atoms with E-state index in [0.29, 0.717) is 17.8 Å². The van der Waals surface area contributed by atoms with Gasteiger partial charge in [-0.25, -0.2) is 0 Å². The molecule has 1 N–H and O–H groups in total. The number of aliphatic hydroxyl groups is 1. The Kier molecular flexibility index (Phi) is 5.32. The van der Waals surface area contributed by atoms with Crippen molar-refractivity contribution < 1.29 is 9.63 Å². The highest BCUT2D eigenvalue weighted by Gasteiger charge is 2.21. The number of likely N-dealkylation sites (tertiary alicyclic amines) is 1. The van der Waals surface area contributed by atoms with Crippen LogP contribution in [0.1, 0.15) is 30.7 Å². The first-order chi connectivity index (χ1) is 13.2. The Hall–Kier alpha value is -2.50. The van der Waals surface area contributed by atoms with Crippen LogP contribution in [-0.4, -0.2) is 39.3 Å². The second-order valence-electron chi connectivity index (χ2n) is 7.21. The Bertz CT molecular complexity index is 871. The van der Waals surface area contributed by atoms with Gasteiger partial charge in [0.15, 0.2) is 0 Å². The number of rotatable bonds is 5. The predicted octanol–water partition coefficient (Wildman–Crippen LogP) is 4.06. The van der Waals surface area contributed by atoms with Crippen LogP contribution in [0.2, 0.25) is 0 Å². The van der Waals surface area contributed by atoms with Crippen LogP contribution in [0.15, 0.2) is 53.1 Å². The summed E-state index contributed by atoms with van der Waals surface area (Å²) >= 11 is 0. The molecule has 0 radical (unpaired) electrons. The summed E-state index contributed by atoms with van der Waals surface area (Å²) in [5.41, 5.74) is 4.59. The molecule has 1 aromatic heterocycles. The molecule has 0 spiro atoms. The number of benzene rings is 2. The van der Waals surface area contributed by atoms with Crippen LogP contribution in [0, 0.1) is 6.92 Å². The zero-order valence-corrected chi connectivity index (χ0v) is 15.6. The molecule has 27 heavy (non-hydrogen) atoms. The molecule has 3 aromatic rings. The van der Waals surface area contributed by atoms with Gasteiger partial charge in [0, 0.05) is 25.1 Å². The lowest BCUT2D eigenvalue weighted by Gasteiger charge is -2.34. The average molecular weight is 363 g/mol. The van der Waals surface area contributed by atoms with Crippen molar-refractivity contribution in [2.24, 2.45) is 0 Å². The lowest BCUT2D eigenvalue weighted by Crippen LogP contribution is -2.41. The van der Waals surface area contributed by atoms with Crippen molar-refractivity contribution in [2.45, 2.75) is 38.8 Å². The third kappa shape index (κ3) is 4.10. The van der Waals surface area contributed by atoms with Crippen molar-refractivity contribution in [3.05, 3.63) is 60.0 Å². The molecule has 0 unspecified atom stereocenters. The monoisotopic (exact) mass is 363 g/mol. The lowest BCUT2D eigenvalue weighted by molar-refractivity contribution is 0.0841. The fourth-order valence-corrected chi connectivity index (χ4v) is 3.74. The van der Waals surface area contributed by atoms with Gasteiger partial charge in [-0.2, -0.15) is 4.98 Å². The van der Waals surface area contributed by atoms with E-state index < -0.39 is 0 Å².